The van der Waals surface area contributed by atoms with Crippen molar-refractivity contribution in [3.05, 3.63) is 77.9 Å². The number of carbonyl (C=O) groups excluding carboxylic acids is 2. The van der Waals surface area contributed by atoms with Gasteiger partial charge in [-0.1, -0.05) is 24.3 Å². The largest absolute Gasteiger partial charge is 0.345 e. The molecule has 2 aromatic carbocycles. The average Bonchev–Trinajstić information content (AvgIpc) is 2.75. The SMILES string of the molecule is C=CCNS(=O)(=O)c1cccc(C(=O)N(CC)Cc2ccc(C(=O)N(C)C)cc2)c1. The van der Waals surface area contributed by atoms with Crippen molar-refractivity contribution in [2.45, 2.75) is 18.4 Å². The molecule has 0 bridgehead atoms. The lowest BCUT2D eigenvalue weighted by Gasteiger charge is -2.21. The van der Waals surface area contributed by atoms with E-state index in [0.29, 0.717) is 18.7 Å². The van der Waals surface area contributed by atoms with Gasteiger partial charge in [0.2, 0.25) is 10.0 Å². The fourth-order valence-corrected chi connectivity index (χ4v) is 3.83. The van der Waals surface area contributed by atoms with Crippen LogP contribution >= 0.6 is 0 Å². The Bertz CT molecular complexity index is 1010. The van der Waals surface area contributed by atoms with E-state index in [0.717, 1.165) is 5.56 Å². The van der Waals surface area contributed by atoms with E-state index in [1.807, 2.05) is 19.1 Å². The third-order valence-electron chi connectivity index (χ3n) is 4.46. The zero-order chi connectivity index (χ0) is 22.3. The first-order valence-corrected chi connectivity index (χ1v) is 11.0. The normalized spacial score (nSPS) is 11.0. The molecule has 0 aromatic heterocycles. The average molecular weight is 430 g/mol. The van der Waals surface area contributed by atoms with Crippen LogP contribution in [-0.4, -0.2) is 57.2 Å². The number of hydrogen-bond donors (Lipinski definition) is 1. The van der Waals surface area contributed by atoms with Gasteiger partial charge in [0.1, 0.15) is 0 Å². The number of sulfonamides is 1. The Morgan fingerprint density at radius 3 is 2.27 bits per heavy atom. The quantitative estimate of drug-likeness (QED) is 0.621. The molecule has 0 radical (unpaired) electrons. The molecule has 0 saturated heterocycles. The lowest BCUT2D eigenvalue weighted by Crippen LogP contribution is -2.31. The highest BCUT2D eigenvalue weighted by Gasteiger charge is 2.19. The summed E-state index contributed by atoms with van der Waals surface area (Å²) in [7, 11) is -0.339. The van der Waals surface area contributed by atoms with Crippen molar-refractivity contribution in [1.82, 2.24) is 14.5 Å². The lowest BCUT2D eigenvalue weighted by molar-refractivity contribution is 0.0751. The molecule has 30 heavy (non-hydrogen) atoms. The summed E-state index contributed by atoms with van der Waals surface area (Å²) in [6.45, 7) is 6.24. The van der Waals surface area contributed by atoms with Gasteiger partial charge < -0.3 is 9.80 Å². The maximum absolute atomic E-state index is 13.0. The van der Waals surface area contributed by atoms with Gasteiger partial charge >= 0.3 is 0 Å². The summed E-state index contributed by atoms with van der Waals surface area (Å²) in [6.07, 6.45) is 1.45. The van der Waals surface area contributed by atoms with Crippen molar-refractivity contribution in [2.24, 2.45) is 0 Å². The molecule has 2 amide bonds. The molecule has 0 aliphatic rings. The highest BCUT2D eigenvalue weighted by molar-refractivity contribution is 7.89. The number of carbonyl (C=O) groups is 2. The number of nitrogens with one attached hydrogen (secondary N) is 1. The van der Waals surface area contributed by atoms with Crippen LogP contribution in [0.3, 0.4) is 0 Å². The highest BCUT2D eigenvalue weighted by Crippen LogP contribution is 2.16. The van der Waals surface area contributed by atoms with Gasteiger partial charge in [-0.3, -0.25) is 9.59 Å². The Morgan fingerprint density at radius 1 is 1.03 bits per heavy atom. The zero-order valence-electron chi connectivity index (χ0n) is 17.5. The van der Waals surface area contributed by atoms with Gasteiger partial charge in [0.05, 0.1) is 4.90 Å². The van der Waals surface area contributed by atoms with Crippen LogP contribution in [0.2, 0.25) is 0 Å². The van der Waals surface area contributed by atoms with E-state index in [1.165, 1.54) is 23.1 Å². The van der Waals surface area contributed by atoms with E-state index in [2.05, 4.69) is 11.3 Å². The predicted molar refractivity (Wildman–Crippen MR) is 117 cm³/mol. The van der Waals surface area contributed by atoms with Crippen LogP contribution in [0.1, 0.15) is 33.2 Å². The number of hydrogen-bond acceptors (Lipinski definition) is 4. The first-order chi connectivity index (χ1) is 14.2. The molecule has 2 rings (SSSR count). The third-order valence-corrected chi connectivity index (χ3v) is 5.88. The van der Waals surface area contributed by atoms with E-state index in [-0.39, 0.29) is 28.8 Å². The molecule has 0 unspecified atom stereocenters. The number of benzene rings is 2. The zero-order valence-corrected chi connectivity index (χ0v) is 18.3. The van der Waals surface area contributed by atoms with E-state index in [4.69, 9.17) is 0 Å². The second-order valence-corrected chi connectivity index (χ2v) is 8.65. The van der Waals surface area contributed by atoms with Gasteiger partial charge in [0.25, 0.3) is 11.8 Å². The summed E-state index contributed by atoms with van der Waals surface area (Å²) < 4.78 is 27.0. The van der Waals surface area contributed by atoms with E-state index in [1.54, 1.807) is 43.3 Å². The van der Waals surface area contributed by atoms with Crippen LogP contribution < -0.4 is 4.72 Å². The van der Waals surface area contributed by atoms with Gasteiger partial charge in [0, 0.05) is 44.9 Å². The van der Waals surface area contributed by atoms with Crippen molar-refractivity contribution < 1.29 is 18.0 Å². The predicted octanol–water partition coefficient (Wildman–Crippen LogP) is 2.52. The maximum Gasteiger partial charge on any atom is 0.254 e. The van der Waals surface area contributed by atoms with Crippen molar-refractivity contribution in [1.29, 1.82) is 0 Å². The third kappa shape index (κ3) is 5.77. The second kappa shape index (κ2) is 10.2. The standard InChI is InChI=1S/C22H27N3O4S/c1-5-14-23-30(28,29)20-9-7-8-19(15-20)22(27)25(6-2)16-17-10-12-18(13-11-17)21(26)24(3)4/h5,7-13,15,23H,1,6,14,16H2,2-4H3. The Hall–Kier alpha value is -2.97. The molecule has 0 saturated carbocycles. The van der Waals surface area contributed by atoms with Gasteiger partial charge in [0.15, 0.2) is 0 Å². The van der Waals surface area contributed by atoms with Gasteiger partial charge in [-0.05, 0) is 42.8 Å². The molecule has 7 nitrogen and oxygen atoms in total. The van der Waals surface area contributed by atoms with Crippen LogP contribution in [0.25, 0.3) is 0 Å². The van der Waals surface area contributed by atoms with Gasteiger partial charge in [-0.15, -0.1) is 6.58 Å². The summed E-state index contributed by atoms with van der Waals surface area (Å²) >= 11 is 0. The molecular formula is C22H27N3O4S. The molecular weight excluding hydrogens is 402 g/mol. The van der Waals surface area contributed by atoms with Gasteiger partial charge in [-0.25, -0.2) is 13.1 Å². The molecule has 1 N–H and O–H groups in total. The van der Waals surface area contributed by atoms with E-state index < -0.39 is 10.0 Å². The maximum atomic E-state index is 13.0. The molecule has 0 aliphatic carbocycles. The molecule has 0 atom stereocenters. The second-order valence-electron chi connectivity index (χ2n) is 6.88. The fraction of sp³-hybridized carbons (Fsp3) is 0.273. The first-order valence-electron chi connectivity index (χ1n) is 9.50. The molecule has 0 heterocycles. The topological polar surface area (TPSA) is 86.8 Å². The molecule has 0 spiro atoms. The van der Waals surface area contributed by atoms with E-state index >= 15 is 0 Å². The van der Waals surface area contributed by atoms with E-state index in [9.17, 15) is 18.0 Å². The van der Waals surface area contributed by atoms with Crippen LogP contribution in [0.15, 0.2) is 66.1 Å². The fourth-order valence-electron chi connectivity index (χ4n) is 2.79. The van der Waals surface area contributed by atoms with Crippen molar-refractivity contribution in [3.8, 4) is 0 Å². The van der Waals surface area contributed by atoms with Crippen molar-refractivity contribution >= 4 is 21.8 Å². The van der Waals surface area contributed by atoms with Crippen LogP contribution in [0, 0.1) is 0 Å². The van der Waals surface area contributed by atoms with Crippen LogP contribution in [-0.2, 0) is 16.6 Å². The minimum absolute atomic E-state index is 0.0257. The van der Waals surface area contributed by atoms with Crippen molar-refractivity contribution in [2.75, 3.05) is 27.2 Å². The number of rotatable bonds is 9. The smallest absolute Gasteiger partial charge is 0.254 e. The van der Waals surface area contributed by atoms with Gasteiger partial charge in [-0.2, -0.15) is 0 Å². The lowest BCUT2D eigenvalue weighted by atomic mass is 10.1. The molecule has 8 heteroatoms. The number of amides is 2. The van der Waals surface area contributed by atoms with Crippen molar-refractivity contribution in [3.63, 3.8) is 0 Å². The minimum atomic E-state index is -3.72. The van der Waals surface area contributed by atoms with Crippen LogP contribution in [0.4, 0.5) is 0 Å². The monoisotopic (exact) mass is 429 g/mol. The Morgan fingerprint density at radius 2 is 1.70 bits per heavy atom. The Labute approximate surface area is 178 Å². The van der Waals surface area contributed by atoms with Crippen LogP contribution in [0.5, 0.6) is 0 Å². The Kier molecular flexibility index (Phi) is 7.91. The molecule has 2 aromatic rings. The summed E-state index contributed by atoms with van der Waals surface area (Å²) in [5.41, 5.74) is 1.73. The summed E-state index contributed by atoms with van der Waals surface area (Å²) in [5.74, 6) is -0.361. The molecule has 0 aliphatic heterocycles. The minimum Gasteiger partial charge on any atom is -0.345 e. The summed E-state index contributed by atoms with van der Waals surface area (Å²) in [5, 5.41) is 0. The first kappa shape index (κ1) is 23.3. The highest BCUT2D eigenvalue weighted by atomic mass is 32.2. The summed E-state index contributed by atoms with van der Waals surface area (Å²) in [6, 6.07) is 13.0. The Balaban J connectivity index is 2.19. The number of nitrogens with zero attached hydrogens (tertiary/aromatic N) is 2. The summed E-state index contributed by atoms with van der Waals surface area (Å²) in [4.78, 5) is 28.1. The molecule has 160 valence electrons. The molecule has 0 fully saturated rings.